The Balaban J connectivity index is 2.45. The van der Waals surface area contributed by atoms with E-state index in [0.717, 1.165) is 18.2 Å². The first kappa shape index (κ1) is 18.5. The standard InChI is InChI=1S/C14H6ClF4NO5/c15-9-3-6(14(17,18)19)4-10(16)12(9)25-7-1-2-11(20(23)24)8(5-7)13(21)22/h1-5H,(H,21,22). The highest BCUT2D eigenvalue weighted by Gasteiger charge is 2.33. The van der Waals surface area contributed by atoms with E-state index in [4.69, 9.17) is 21.4 Å². The lowest BCUT2D eigenvalue weighted by atomic mass is 10.1. The first-order chi connectivity index (χ1) is 11.5. The molecular weight excluding hydrogens is 374 g/mol. The molecule has 0 bridgehead atoms. The van der Waals surface area contributed by atoms with Gasteiger partial charge in [0.05, 0.1) is 15.5 Å². The topological polar surface area (TPSA) is 89.7 Å². The SMILES string of the molecule is O=C(O)c1cc(Oc2c(F)cc(C(F)(F)F)cc2Cl)ccc1[N+](=O)[O-]. The molecule has 2 aromatic carbocycles. The van der Waals surface area contributed by atoms with Crippen molar-refractivity contribution in [3.05, 3.63) is 62.4 Å². The molecule has 0 radical (unpaired) electrons. The number of rotatable bonds is 4. The Bertz CT molecular complexity index is 846. The van der Waals surface area contributed by atoms with Gasteiger partial charge in [0.15, 0.2) is 11.6 Å². The minimum atomic E-state index is -4.83. The normalized spacial score (nSPS) is 11.2. The van der Waals surface area contributed by atoms with Gasteiger partial charge in [-0.2, -0.15) is 13.2 Å². The fraction of sp³-hybridized carbons (Fsp3) is 0.0714. The average molecular weight is 380 g/mol. The molecule has 0 aliphatic heterocycles. The number of carboxylic acid groups (broad SMARTS) is 1. The summed E-state index contributed by atoms with van der Waals surface area (Å²) < 4.78 is 56.6. The van der Waals surface area contributed by atoms with E-state index in [1.54, 1.807) is 0 Å². The van der Waals surface area contributed by atoms with Crippen LogP contribution in [0, 0.1) is 15.9 Å². The molecule has 0 unspecified atom stereocenters. The molecule has 2 aromatic rings. The summed E-state index contributed by atoms with van der Waals surface area (Å²) in [5.74, 6) is -4.21. The van der Waals surface area contributed by atoms with Crippen LogP contribution < -0.4 is 4.74 Å². The minimum Gasteiger partial charge on any atom is -0.477 e. The number of hydrogen-bond acceptors (Lipinski definition) is 4. The molecule has 6 nitrogen and oxygen atoms in total. The molecule has 0 amide bonds. The van der Waals surface area contributed by atoms with Gasteiger partial charge in [-0.15, -0.1) is 0 Å². The van der Waals surface area contributed by atoms with Crippen LogP contribution in [0.2, 0.25) is 5.02 Å². The number of carboxylic acids is 1. The molecule has 0 atom stereocenters. The summed E-state index contributed by atoms with van der Waals surface area (Å²) in [4.78, 5) is 20.8. The monoisotopic (exact) mass is 379 g/mol. The maximum Gasteiger partial charge on any atom is 0.416 e. The van der Waals surface area contributed by atoms with Gasteiger partial charge in [-0.1, -0.05) is 11.6 Å². The Kier molecular flexibility index (Phi) is 4.84. The van der Waals surface area contributed by atoms with E-state index in [1.807, 2.05) is 0 Å². The summed E-state index contributed by atoms with van der Waals surface area (Å²) in [6, 6.07) is 3.08. The lowest BCUT2D eigenvalue weighted by molar-refractivity contribution is -0.385. The van der Waals surface area contributed by atoms with Gasteiger partial charge >= 0.3 is 12.1 Å². The number of nitro groups is 1. The Morgan fingerprint density at radius 1 is 1.24 bits per heavy atom. The van der Waals surface area contributed by atoms with Crippen LogP contribution in [0.4, 0.5) is 23.2 Å². The highest BCUT2D eigenvalue weighted by molar-refractivity contribution is 6.32. The maximum atomic E-state index is 13.9. The first-order valence-electron chi connectivity index (χ1n) is 6.26. The molecule has 2 rings (SSSR count). The summed E-state index contributed by atoms with van der Waals surface area (Å²) in [5.41, 5.74) is -2.82. The molecule has 0 aromatic heterocycles. The van der Waals surface area contributed by atoms with Crippen LogP contribution in [-0.2, 0) is 6.18 Å². The fourth-order valence-electron chi connectivity index (χ4n) is 1.85. The zero-order valence-corrected chi connectivity index (χ0v) is 12.6. The minimum absolute atomic E-state index is 0.157. The van der Waals surface area contributed by atoms with Crippen molar-refractivity contribution >= 4 is 23.3 Å². The fourth-order valence-corrected chi connectivity index (χ4v) is 2.09. The number of aromatic carboxylic acids is 1. The van der Waals surface area contributed by atoms with Crippen molar-refractivity contribution in [3.8, 4) is 11.5 Å². The van der Waals surface area contributed by atoms with Crippen LogP contribution in [0.5, 0.6) is 11.5 Å². The summed E-state index contributed by atoms with van der Waals surface area (Å²) in [6.07, 6.45) is -4.83. The van der Waals surface area contributed by atoms with Gasteiger partial charge in [-0.25, -0.2) is 9.18 Å². The molecule has 0 heterocycles. The van der Waals surface area contributed by atoms with E-state index in [0.29, 0.717) is 6.07 Å². The summed E-state index contributed by atoms with van der Waals surface area (Å²) in [6.45, 7) is 0. The number of ether oxygens (including phenoxy) is 1. The third-order valence-corrected chi connectivity index (χ3v) is 3.22. The van der Waals surface area contributed by atoms with Gasteiger partial charge in [-0.05, 0) is 18.2 Å². The van der Waals surface area contributed by atoms with Gasteiger partial charge < -0.3 is 9.84 Å². The molecule has 0 saturated heterocycles. The molecule has 0 aliphatic carbocycles. The van der Waals surface area contributed by atoms with Gasteiger partial charge in [-0.3, -0.25) is 10.1 Å². The number of hydrogen-bond donors (Lipinski definition) is 1. The first-order valence-corrected chi connectivity index (χ1v) is 6.64. The third-order valence-electron chi connectivity index (χ3n) is 2.94. The lowest BCUT2D eigenvalue weighted by Crippen LogP contribution is -2.06. The molecule has 132 valence electrons. The molecule has 0 saturated carbocycles. The number of alkyl halides is 3. The number of carbonyl (C=O) groups is 1. The van der Waals surface area contributed by atoms with E-state index < -0.39 is 50.5 Å². The number of benzene rings is 2. The van der Waals surface area contributed by atoms with Crippen molar-refractivity contribution in [1.82, 2.24) is 0 Å². The maximum absolute atomic E-state index is 13.9. The predicted molar refractivity (Wildman–Crippen MR) is 76.5 cm³/mol. The van der Waals surface area contributed by atoms with E-state index in [1.165, 1.54) is 0 Å². The van der Waals surface area contributed by atoms with E-state index in [-0.39, 0.29) is 11.8 Å². The Hall–Kier alpha value is -2.88. The highest BCUT2D eigenvalue weighted by Crippen LogP contribution is 2.39. The Morgan fingerprint density at radius 3 is 2.36 bits per heavy atom. The van der Waals surface area contributed by atoms with Gasteiger partial charge in [0.2, 0.25) is 0 Å². The molecular formula is C14H6ClF4NO5. The Labute approximate surface area is 141 Å². The van der Waals surface area contributed by atoms with E-state index in [9.17, 15) is 32.5 Å². The van der Waals surface area contributed by atoms with Crippen molar-refractivity contribution in [1.29, 1.82) is 0 Å². The second-order valence-corrected chi connectivity index (χ2v) is 5.02. The van der Waals surface area contributed by atoms with Crippen molar-refractivity contribution in [2.75, 3.05) is 0 Å². The largest absolute Gasteiger partial charge is 0.477 e. The zero-order valence-electron chi connectivity index (χ0n) is 11.8. The van der Waals surface area contributed by atoms with Crippen LogP contribution in [0.15, 0.2) is 30.3 Å². The molecule has 25 heavy (non-hydrogen) atoms. The van der Waals surface area contributed by atoms with Gasteiger partial charge in [0, 0.05) is 12.1 Å². The van der Waals surface area contributed by atoms with Crippen LogP contribution in [-0.4, -0.2) is 16.0 Å². The van der Waals surface area contributed by atoms with Crippen molar-refractivity contribution < 1.29 is 37.1 Å². The molecule has 0 fully saturated rings. The quantitative estimate of drug-likeness (QED) is 0.464. The number of nitrogens with zero attached hydrogens (tertiary/aromatic N) is 1. The number of halogens is 5. The smallest absolute Gasteiger partial charge is 0.416 e. The highest BCUT2D eigenvalue weighted by atomic mass is 35.5. The summed E-state index contributed by atoms with van der Waals surface area (Å²) in [5, 5.41) is 19.0. The Morgan fingerprint density at radius 2 is 1.88 bits per heavy atom. The molecule has 11 heteroatoms. The second-order valence-electron chi connectivity index (χ2n) is 4.61. The average Bonchev–Trinajstić information content (AvgIpc) is 2.49. The molecule has 1 N–H and O–H groups in total. The number of nitro benzene ring substituents is 1. The lowest BCUT2D eigenvalue weighted by Gasteiger charge is -2.12. The van der Waals surface area contributed by atoms with Crippen LogP contribution in [0.1, 0.15) is 15.9 Å². The van der Waals surface area contributed by atoms with Gasteiger partial charge in [0.25, 0.3) is 5.69 Å². The summed E-state index contributed by atoms with van der Waals surface area (Å²) in [7, 11) is 0. The van der Waals surface area contributed by atoms with Crippen molar-refractivity contribution in [3.63, 3.8) is 0 Å². The van der Waals surface area contributed by atoms with E-state index in [2.05, 4.69) is 0 Å². The summed E-state index contributed by atoms with van der Waals surface area (Å²) >= 11 is 5.59. The third kappa shape index (κ3) is 3.97. The molecule has 0 spiro atoms. The van der Waals surface area contributed by atoms with Crippen LogP contribution in [0.3, 0.4) is 0 Å². The van der Waals surface area contributed by atoms with Gasteiger partial charge in [0.1, 0.15) is 11.3 Å². The molecule has 0 aliphatic rings. The predicted octanol–water partition coefficient (Wildman–Crippen LogP) is 4.90. The van der Waals surface area contributed by atoms with Crippen molar-refractivity contribution in [2.45, 2.75) is 6.18 Å². The van der Waals surface area contributed by atoms with E-state index >= 15 is 0 Å². The van der Waals surface area contributed by atoms with Crippen molar-refractivity contribution in [2.24, 2.45) is 0 Å². The van der Waals surface area contributed by atoms with Crippen LogP contribution >= 0.6 is 11.6 Å². The second kappa shape index (κ2) is 6.55. The zero-order chi connectivity index (χ0) is 18.9. The van der Waals surface area contributed by atoms with Crippen LogP contribution in [0.25, 0.3) is 0 Å².